The van der Waals surface area contributed by atoms with Gasteiger partial charge >= 0.3 is 0 Å². The highest BCUT2D eigenvalue weighted by Crippen LogP contribution is 2.75. The molecule has 4 saturated carbocycles. The molecular formula is C34H55NO4. The predicted molar refractivity (Wildman–Crippen MR) is 154 cm³/mol. The first-order chi connectivity index (χ1) is 17.9. The number of nitrogens with zero attached hydrogens (tertiary/aromatic N) is 1. The maximum atomic E-state index is 14.5. The highest BCUT2D eigenvalue weighted by Gasteiger charge is 2.70. The third-order valence-corrected chi connectivity index (χ3v) is 13.7. The Bertz CT molecular complexity index is 1080. The third kappa shape index (κ3) is 3.91. The van der Waals surface area contributed by atoms with Gasteiger partial charge in [-0.3, -0.25) is 14.4 Å². The molecule has 0 saturated heterocycles. The zero-order valence-electron chi connectivity index (χ0n) is 26.4. The maximum absolute atomic E-state index is 14.5. The van der Waals surface area contributed by atoms with E-state index in [4.69, 9.17) is 4.84 Å². The molecule has 0 bridgehead atoms. The summed E-state index contributed by atoms with van der Waals surface area (Å²) < 4.78 is 0. The number of ketones is 1. The zero-order chi connectivity index (χ0) is 29.0. The van der Waals surface area contributed by atoms with Gasteiger partial charge in [-0.15, -0.1) is 0 Å². The average Bonchev–Trinajstić information content (AvgIpc) is 2.83. The van der Waals surface area contributed by atoms with Crippen molar-refractivity contribution in [3.8, 4) is 0 Å². The second kappa shape index (κ2) is 8.90. The molecule has 0 spiro atoms. The summed E-state index contributed by atoms with van der Waals surface area (Å²) in [5.41, 5.74) is 0.487. The molecule has 1 N–H and O–H groups in total. The summed E-state index contributed by atoms with van der Waals surface area (Å²) in [6.07, 6.45) is 10.4. The van der Waals surface area contributed by atoms with Crippen LogP contribution < -0.4 is 0 Å². The Morgan fingerprint density at radius 3 is 2.26 bits per heavy atom. The molecular weight excluding hydrogens is 486 g/mol. The standard InChI is InChI=1S/C34H55NO4/c1-21(2)39-35(10)28(38)31(6)16-15-30(5)17-18-33(8)22(23(30)20-31)19-24(36)27-32(7)13-12-26(37)29(3,4)25(32)11-14-34(27,33)9/h19,21,23,25-27,37H,11-18,20H2,1-10H3/t23-,25?,26-,27+,30+,31-,32-,33+,34+/m0/s1. The maximum Gasteiger partial charge on any atom is 0.251 e. The lowest BCUT2D eigenvalue weighted by molar-refractivity contribution is -0.209. The third-order valence-electron chi connectivity index (χ3n) is 13.7. The van der Waals surface area contributed by atoms with E-state index in [0.717, 1.165) is 57.8 Å². The minimum absolute atomic E-state index is 0.0178. The fourth-order valence-corrected chi connectivity index (χ4v) is 11.1. The molecule has 9 atom stereocenters. The monoisotopic (exact) mass is 541 g/mol. The van der Waals surface area contributed by atoms with Crippen molar-refractivity contribution in [2.24, 2.45) is 50.2 Å². The van der Waals surface area contributed by atoms with Crippen LogP contribution >= 0.6 is 0 Å². The minimum atomic E-state index is -0.499. The van der Waals surface area contributed by atoms with Crippen LogP contribution in [0, 0.1) is 50.2 Å². The van der Waals surface area contributed by atoms with Crippen LogP contribution in [-0.4, -0.2) is 41.1 Å². The molecule has 5 nitrogen and oxygen atoms in total. The molecule has 39 heavy (non-hydrogen) atoms. The van der Waals surface area contributed by atoms with E-state index in [-0.39, 0.29) is 57.0 Å². The first-order valence-electron chi connectivity index (χ1n) is 15.7. The summed E-state index contributed by atoms with van der Waals surface area (Å²) >= 11 is 0. The molecule has 1 unspecified atom stereocenters. The van der Waals surface area contributed by atoms with E-state index in [2.05, 4.69) is 54.5 Å². The summed E-state index contributed by atoms with van der Waals surface area (Å²) in [4.78, 5) is 34.0. The van der Waals surface area contributed by atoms with Gasteiger partial charge in [0.15, 0.2) is 5.78 Å². The van der Waals surface area contributed by atoms with Gasteiger partial charge in [-0.1, -0.05) is 54.0 Å². The van der Waals surface area contributed by atoms with Crippen molar-refractivity contribution in [1.29, 1.82) is 0 Å². The molecule has 220 valence electrons. The Morgan fingerprint density at radius 1 is 0.974 bits per heavy atom. The molecule has 0 aromatic carbocycles. The quantitative estimate of drug-likeness (QED) is 0.386. The van der Waals surface area contributed by atoms with Gasteiger partial charge in [-0.2, -0.15) is 0 Å². The number of hydroxylamine groups is 2. The van der Waals surface area contributed by atoms with Crippen LogP contribution in [0.25, 0.3) is 0 Å². The fourth-order valence-electron chi connectivity index (χ4n) is 11.1. The van der Waals surface area contributed by atoms with Gasteiger partial charge in [-0.05, 0) is 117 Å². The van der Waals surface area contributed by atoms with Crippen LogP contribution in [0.5, 0.6) is 0 Å². The zero-order valence-corrected chi connectivity index (χ0v) is 26.4. The number of aliphatic hydroxyl groups is 1. The van der Waals surface area contributed by atoms with Gasteiger partial charge < -0.3 is 5.11 Å². The molecule has 0 aromatic rings. The lowest BCUT2D eigenvalue weighted by atomic mass is 9.33. The number of aliphatic hydroxyl groups excluding tert-OH is 1. The Balaban J connectivity index is 1.55. The second-order valence-corrected chi connectivity index (χ2v) is 16.6. The molecule has 0 radical (unpaired) electrons. The van der Waals surface area contributed by atoms with E-state index >= 15 is 0 Å². The van der Waals surface area contributed by atoms with E-state index in [0.29, 0.717) is 11.7 Å². The number of hydrogen-bond donors (Lipinski definition) is 1. The fraction of sp³-hybridized carbons (Fsp3) is 0.882. The van der Waals surface area contributed by atoms with Crippen molar-refractivity contribution in [2.45, 2.75) is 132 Å². The van der Waals surface area contributed by atoms with Crippen LogP contribution in [0.3, 0.4) is 0 Å². The molecule has 5 aliphatic rings. The van der Waals surface area contributed by atoms with Crippen molar-refractivity contribution >= 4 is 11.7 Å². The van der Waals surface area contributed by atoms with Crippen molar-refractivity contribution in [2.75, 3.05) is 7.05 Å². The van der Waals surface area contributed by atoms with Gasteiger partial charge in [0.25, 0.3) is 5.91 Å². The Morgan fingerprint density at radius 2 is 1.62 bits per heavy atom. The lowest BCUT2D eigenvalue weighted by Crippen LogP contribution is -2.66. The second-order valence-electron chi connectivity index (χ2n) is 16.6. The highest BCUT2D eigenvalue weighted by molar-refractivity contribution is 5.95. The molecule has 0 heterocycles. The van der Waals surface area contributed by atoms with E-state index in [1.807, 2.05) is 13.8 Å². The van der Waals surface area contributed by atoms with Gasteiger partial charge in [0.2, 0.25) is 0 Å². The summed E-state index contributed by atoms with van der Waals surface area (Å²) in [5.74, 6) is 0.926. The molecule has 5 rings (SSSR count). The lowest BCUT2D eigenvalue weighted by Gasteiger charge is -2.70. The first-order valence-corrected chi connectivity index (χ1v) is 15.7. The number of carbonyl (C=O) groups excluding carboxylic acids is 2. The Hall–Kier alpha value is -1.20. The summed E-state index contributed by atoms with van der Waals surface area (Å²) in [6, 6.07) is 0. The number of fused-ring (bicyclic) bond motifs is 7. The van der Waals surface area contributed by atoms with Crippen LogP contribution in [0.15, 0.2) is 11.6 Å². The number of rotatable bonds is 3. The largest absolute Gasteiger partial charge is 0.393 e. The Kier molecular flexibility index (Phi) is 6.69. The van der Waals surface area contributed by atoms with Crippen molar-refractivity contribution in [3.05, 3.63) is 11.6 Å². The van der Waals surface area contributed by atoms with E-state index < -0.39 is 5.41 Å². The number of hydrogen-bond acceptors (Lipinski definition) is 4. The molecule has 1 amide bonds. The summed E-state index contributed by atoms with van der Waals surface area (Å²) in [6.45, 7) is 20.2. The van der Waals surface area contributed by atoms with Gasteiger partial charge in [0, 0.05) is 18.4 Å². The topological polar surface area (TPSA) is 66.8 Å². The van der Waals surface area contributed by atoms with Gasteiger partial charge in [-0.25, -0.2) is 5.06 Å². The normalized spacial score (nSPS) is 48.8. The van der Waals surface area contributed by atoms with E-state index in [1.54, 1.807) is 7.05 Å². The van der Waals surface area contributed by atoms with E-state index in [1.165, 1.54) is 10.6 Å². The van der Waals surface area contributed by atoms with Crippen LogP contribution in [0.2, 0.25) is 0 Å². The predicted octanol–water partition coefficient (Wildman–Crippen LogP) is 7.13. The highest BCUT2D eigenvalue weighted by atomic mass is 16.7. The van der Waals surface area contributed by atoms with Gasteiger partial charge in [0.1, 0.15) is 0 Å². The van der Waals surface area contributed by atoms with Crippen molar-refractivity contribution in [3.63, 3.8) is 0 Å². The van der Waals surface area contributed by atoms with Crippen LogP contribution in [0.4, 0.5) is 0 Å². The minimum Gasteiger partial charge on any atom is -0.393 e. The first kappa shape index (κ1) is 29.3. The molecule has 4 fully saturated rings. The van der Waals surface area contributed by atoms with Crippen molar-refractivity contribution < 1.29 is 19.5 Å². The SMILES string of the molecule is CC(C)ON(C)C(=O)[C@@]1(C)CC[C@]2(C)CC[C@]3(C)C(=CC(=O)[C@@H]4[C@@]5(C)CC[C@H](O)C(C)(C)C5CC[C@]43C)[C@@H]2C1. The van der Waals surface area contributed by atoms with Crippen LogP contribution in [-0.2, 0) is 14.4 Å². The number of amides is 1. The smallest absolute Gasteiger partial charge is 0.251 e. The number of allylic oxidation sites excluding steroid dienone is 2. The average molecular weight is 542 g/mol. The molecule has 5 aliphatic carbocycles. The molecule has 0 aliphatic heterocycles. The van der Waals surface area contributed by atoms with Crippen molar-refractivity contribution in [1.82, 2.24) is 5.06 Å². The molecule has 0 aromatic heterocycles. The van der Waals surface area contributed by atoms with E-state index in [9.17, 15) is 14.7 Å². The number of carbonyl (C=O) groups is 2. The molecule has 5 heteroatoms. The Labute approximate surface area is 237 Å². The van der Waals surface area contributed by atoms with Crippen LogP contribution in [0.1, 0.15) is 120 Å². The van der Waals surface area contributed by atoms with Gasteiger partial charge in [0.05, 0.1) is 12.2 Å². The summed E-state index contributed by atoms with van der Waals surface area (Å²) in [7, 11) is 1.75. The summed E-state index contributed by atoms with van der Waals surface area (Å²) in [5, 5.41) is 12.4.